The predicted molar refractivity (Wildman–Crippen MR) is 79.1 cm³/mol. The molecule has 0 spiro atoms. The van der Waals surface area contributed by atoms with Gasteiger partial charge in [-0.25, -0.2) is 0 Å². The summed E-state index contributed by atoms with van der Waals surface area (Å²) in [6.45, 7) is 0.696. The Hall–Kier alpha value is -2.38. The molecule has 2 aromatic rings. The fourth-order valence-corrected chi connectivity index (χ4v) is 2.86. The number of hydrogen-bond donors (Lipinski definition) is 0. The third-order valence-corrected chi connectivity index (χ3v) is 4.01. The number of nitrogens with zero attached hydrogens (tertiary/aromatic N) is 3. The molecule has 1 fully saturated rings. The summed E-state index contributed by atoms with van der Waals surface area (Å²) in [5, 5.41) is 3.93. The van der Waals surface area contributed by atoms with E-state index in [-0.39, 0.29) is 18.9 Å². The fourth-order valence-electron chi connectivity index (χ4n) is 2.86. The molecule has 1 aliphatic rings. The number of aryl methyl sites for hydroxylation is 1. The number of benzene rings is 1. The van der Waals surface area contributed by atoms with Crippen LogP contribution in [0, 0.1) is 0 Å². The van der Waals surface area contributed by atoms with Gasteiger partial charge in [-0.3, -0.25) is 4.79 Å². The van der Waals surface area contributed by atoms with Gasteiger partial charge in [0.25, 0.3) is 0 Å². The van der Waals surface area contributed by atoms with Gasteiger partial charge in [0.05, 0.1) is 5.92 Å². The fraction of sp³-hybridized carbons (Fsp3) is 0.438. The van der Waals surface area contributed by atoms with Gasteiger partial charge in [-0.15, -0.1) is 0 Å². The molecular weight excluding hydrogens is 323 g/mol. The van der Waals surface area contributed by atoms with E-state index in [1.54, 1.807) is 0 Å². The molecule has 1 atom stereocenters. The highest BCUT2D eigenvalue weighted by Crippen LogP contribution is 2.31. The van der Waals surface area contributed by atoms with E-state index in [0.717, 1.165) is 22.4 Å². The Kier molecular flexibility index (Phi) is 4.29. The summed E-state index contributed by atoms with van der Waals surface area (Å²) in [6.07, 6.45) is -3.67. The smallest absolute Gasteiger partial charge is 0.339 e. The number of alkyl halides is 3. The second-order valence-corrected chi connectivity index (χ2v) is 5.76. The van der Waals surface area contributed by atoms with Crippen LogP contribution in [0.1, 0.15) is 30.7 Å². The number of carbonyl (C=O) groups is 1. The quantitative estimate of drug-likeness (QED) is 0.858. The van der Waals surface area contributed by atoms with Gasteiger partial charge in [0.15, 0.2) is 0 Å². The van der Waals surface area contributed by atoms with Crippen LogP contribution in [-0.4, -0.2) is 40.2 Å². The number of likely N-dealkylation sites (tertiary alicyclic amines) is 1. The highest BCUT2D eigenvalue weighted by atomic mass is 19.4. The molecule has 1 unspecified atom stereocenters. The van der Waals surface area contributed by atoms with Gasteiger partial charge < -0.3 is 9.42 Å². The average molecular weight is 339 g/mol. The lowest BCUT2D eigenvalue weighted by Crippen LogP contribution is -2.35. The van der Waals surface area contributed by atoms with Crippen LogP contribution in [0.4, 0.5) is 13.2 Å². The molecule has 5 nitrogen and oxygen atoms in total. The minimum Gasteiger partial charge on any atom is -0.339 e. The van der Waals surface area contributed by atoms with E-state index in [4.69, 9.17) is 4.52 Å². The van der Waals surface area contributed by atoms with Crippen LogP contribution in [0.2, 0.25) is 0 Å². The maximum absolute atomic E-state index is 12.5. The molecule has 1 aromatic heterocycles. The first-order valence-corrected chi connectivity index (χ1v) is 7.63. The van der Waals surface area contributed by atoms with Gasteiger partial charge in [-0.2, -0.15) is 18.2 Å². The van der Waals surface area contributed by atoms with E-state index in [1.807, 2.05) is 31.2 Å². The molecule has 1 amide bonds. The zero-order valence-electron chi connectivity index (χ0n) is 13.0. The Balaban J connectivity index is 1.78. The maximum atomic E-state index is 12.5. The molecule has 0 aliphatic carbocycles. The van der Waals surface area contributed by atoms with Crippen LogP contribution in [0.3, 0.4) is 0 Å². The van der Waals surface area contributed by atoms with E-state index in [1.165, 1.54) is 0 Å². The van der Waals surface area contributed by atoms with E-state index in [2.05, 4.69) is 10.1 Å². The SMILES string of the molecule is CCc1ccccc1-c1noc(C2CC(=O)N(CC(F)(F)F)C2)n1. The maximum Gasteiger partial charge on any atom is 0.406 e. The van der Waals surface area contributed by atoms with Crippen LogP contribution in [0.25, 0.3) is 11.4 Å². The molecule has 1 saturated heterocycles. The Morgan fingerprint density at radius 3 is 2.79 bits per heavy atom. The topological polar surface area (TPSA) is 59.2 Å². The molecule has 128 valence electrons. The van der Waals surface area contributed by atoms with Crippen molar-refractivity contribution in [3.05, 3.63) is 35.7 Å². The first kappa shape index (κ1) is 16.5. The minimum absolute atomic E-state index is 0.0485. The van der Waals surface area contributed by atoms with Crippen molar-refractivity contribution >= 4 is 5.91 Å². The van der Waals surface area contributed by atoms with Crippen LogP contribution in [0.5, 0.6) is 0 Å². The van der Waals surface area contributed by atoms with Crippen molar-refractivity contribution in [1.29, 1.82) is 0 Å². The first-order chi connectivity index (χ1) is 11.4. The predicted octanol–water partition coefficient (Wildman–Crippen LogP) is 3.18. The molecule has 0 bridgehead atoms. The zero-order valence-corrected chi connectivity index (χ0v) is 13.0. The number of carbonyl (C=O) groups excluding carboxylic acids is 1. The summed E-state index contributed by atoms with van der Waals surface area (Å²) in [4.78, 5) is 16.8. The van der Waals surface area contributed by atoms with E-state index >= 15 is 0 Å². The lowest BCUT2D eigenvalue weighted by atomic mass is 10.0. The first-order valence-electron chi connectivity index (χ1n) is 7.63. The van der Waals surface area contributed by atoms with Gasteiger partial charge in [-0.1, -0.05) is 36.3 Å². The summed E-state index contributed by atoms with van der Waals surface area (Å²) in [6, 6.07) is 7.58. The van der Waals surface area contributed by atoms with Crippen molar-refractivity contribution in [3.8, 4) is 11.4 Å². The highest BCUT2D eigenvalue weighted by Gasteiger charge is 2.40. The highest BCUT2D eigenvalue weighted by molar-refractivity contribution is 5.79. The number of rotatable bonds is 4. The van der Waals surface area contributed by atoms with Crippen LogP contribution < -0.4 is 0 Å². The molecule has 0 radical (unpaired) electrons. The molecule has 0 N–H and O–H groups in total. The molecule has 8 heteroatoms. The van der Waals surface area contributed by atoms with Gasteiger partial charge in [-0.05, 0) is 12.0 Å². The second-order valence-electron chi connectivity index (χ2n) is 5.76. The molecule has 3 rings (SSSR count). The standard InChI is InChI=1S/C16H16F3N3O2/c1-2-10-5-3-4-6-12(10)14-20-15(24-21-14)11-7-13(23)22(8-11)9-16(17,18)19/h3-6,11H,2,7-9H2,1H3. The van der Waals surface area contributed by atoms with Gasteiger partial charge in [0.2, 0.25) is 17.6 Å². The van der Waals surface area contributed by atoms with Crippen LogP contribution >= 0.6 is 0 Å². The van der Waals surface area contributed by atoms with Crippen molar-refractivity contribution < 1.29 is 22.5 Å². The summed E-state index contributed by atoms with van der Waals surface area (Å²) in [7, 11) is 0. The van der Waals surface area contributed by atoms with Crippen LogP contribution in [-0.2, 0) is 11.2 Å². The van der Waals surface area contributed by atoms with Crippen molar-refractivity contribution in [3.63, 3.8) is 0 Å². The van der Waals surface area contributed by atoms with Gasteiger partial charge in [0.1, 0.15) is 6.54 Å². The number of hydrogen-bond acceptors (Lipinski definition) is 4. The number of halogens is 3. The molecular formula is C16H16F3N3O2. The third-order valence-electron chi connectivity index (χ3n) is 4.01. The monoisotopic (exact) mass is 339 g/mol. The van der Waals surface area contributed by atoms with Crippen molar-refractivity contribution in [2.75, 3.05) is 13.1 Å². The van der Waals surface area contributed by atoms with E-state index in [9.17, 15) is 18.0 Å². The molecule has 1 aliphatic heterocycles. The van der Waals surface area contributed by atoms with Gasteiger partial charge in [0, 0.05) is 18.5 Å². The zero-order chi connectivity index (χ0) is 17.3. The molecule has 0 saturated carbocycles. The summed E-state index contributed by atoms with van der Waals surface area (Å²) in [5.41, 5.74) is 1.87. The Labute approximate surface area is 136 Å². The summed E-state index contributed by atoms with van der Waals surface area (Å²) < 4.78 is 42.6. The van der Waals surface area contributed by atoms with E-state index < -0.39 is 24.5 Å². The summed E-state index contributed by atoms with van der Waals surface area (Å²) in [5.74, 6) is -0.459. The lowest BCUT2D eigenvalue weighted by Gasteiger charge is -2.17. The minimum atomic E-state index is -4.41. The molecule has 24 heavy (non-hydrogen) atoms. The van der Waals surface area contributed by atoms with E-state index in [0.29, 0.717) is 5.82 Å². The molecule has 1 aromatic carbocycles. The number of amides is 1. The Bertz CT molecular complexity index is 742. The Morgan fingerprint density at radius 2 is 2.08 bits per heavy atom. The number of aromatic nitrogens is 2. The summed E-state index contributed by atoms with van der Waals surface area (Å²) >= 11 is 0. The lowest BCUT2D eigenvalue weighted by molar-refractivity contribution is -0.157. The van der Waals surface area contributed by atoms with Gasteiger partial charge >= 0.3 is 6.18 Å². The third kappa shape index (κ3) is 3.42. The average Bonchev–Trinajstić information content (AvgIpc) is 3.13. The van der Waals surface area contributed by atoms with Crippen molar-refractivity contribution in [2.24, 2.45) is 0 Å². The van der Waals surface area contributed by atoms with Crippen molar-refractivity contribution in [1.82, 2.24) is 15.0 Å². The Morgan fingerprint density at radius 1 is 1.33 bits per heavy atom. The second kappa shape index (κ2) is 6.26. The van der Waals surface area contributed by atoms with Crippen molar-refractivity contribution in [2.45, 2.75) is 31.9 Å². The normalized spacial score (nSPS) is 18.4. The molecule has 2 heterocycles. The largest absolute Gasteiger partial charge is 0.406 e. The van der Waals surface area contributed by atoms with Crippen LogP contribution in [0.15, 0.2) is 28.8 Å².